The molecule has 0 saturated heterocycles. The van der Waals surface area contributed by atoms with Gasteiger partial charge in [0.15, 0.2) is 0 Å². The van der Waals surface area contributed by atoms with Crippen molar-refractivity contribution in [1.29, 1.82) is 0 Å². The Balaban J connectivity index is 2.09. The van der Waals surface area contributed by atoms with Crippen molar-refractivity contribution in [3.63, 3.8) is 0 Å². The highest BCUT2D eigenvalue weighted by Gasteiger charge is 2.19. The summed E-state index contributed by atoms with van der Waals surface area (Å²) in [6, 6.07) is -0.849. The summed E-state index contributed by atoms with van der Waals surface area (Å²) in [4.78, 5) is 30.0. The van der Waals surface area contributed by atoms with Crippen LogP contribution in [0.2, 0.25) is 0 Å². The van der Waals surface area contributed by atoms with Gasteiger partial charge in [-0.2, -0.15) is 0 Å². The molecule has 0 radical (unpaired) electrons. The number of nitrogens with zero attached hydrogens (tertiary/aromatic N) is 1. The highest BCUT2D eigenvalue weighted by Crippen LogP contribution is 2.09. The lowest BCUT2D eigenvalue weighted by Gasteiger charge is -2.09. The van der Waals surface area contributed by atoms with Crippen LogP contribution in [0.15, 0.2) is 12.5 Å². The van der Waals surface area contributed by atoms with Gasteiger partial charge in [0.05, 0.1) is 6.33 Å². The van der Waals surface area contributed by atoms with Crippen LogP contribution >= 0.6 is 0 Å². The monoisotopic (exact) mass is 309 g/mol. The number of ether oxygens (including phenoxy) is 1. The van der Waals surface area contributed by atoms with Crippen molar-refractivity contribution in [2.75, 3.05) is 0 Å². The minimum atomic E-state index is -0.849. The molecule has 22 heavy (non-hydrogen) atoms. The topological polar surface area (TPSA) is 98.1 Å². The van der Waals surface area contributed by atoms with E-state index in [2.05, 4.69) is 16.9 Å². The van der Waals surface area contributed by atoms with E-state index in [1.807, 2.05) is 0 Å². The quantitative estimate of drug-likeness (QED) is 0.372. The Labute approximate surface area is 131 Å². The first-order valence-electron chi connectivity index (χ1n) is 8.10. The predicted octanol–water partition coefficient (Wildman–Crippen LogP) is 2.49. The van der Waals surface area contributed by atoms with Crippen molar-refractivity contribution in [2.45, 2.75) is 70.8 Å². The molecule has 1 rings (SSSR count). The van der Waals surface area contributed by atoms with Crippen LogP contribution in [0.3, 0.4) is 0 Å². The number of carbonyl (C=O) groups is 2. The van der Waals surface area contributed by atoms with Gasteiger partial charge in [-0.05, 0) is 6.42 Å². The summed E-state index contributed by atoms with van der Waals surface area (Å²) in [6.07, 6.45) is 11.5. The number of aromatic nitrogens is 2. The van der Waals surface area contributed by atoms with E-state index in [1.165, 1.54) is 32.0 Å². The SMILES string of the molecule is CCCCCCCCCC(=O)OC(=O)[C@@H](N)Cc1cnc[nH]1. The molecule has 0 amide bonds. The fourth-order valence-electron chi connectivity index (χ4n) is 2.18. The minimum absolute atomic E-state index is 0.274. The number of carbonyl (C=O) groups excluding carboxylic acids is 2. The van der Waals surface area contributed by atoms with Crippen LogP contribution in [0.4, 0.5) is 0 Å². The van der Waals surface area contributed by atoms with Gasteiger partial charge in [0.1, 0.15) is 6.04 Å². The minimum Gasteiger partial charge on any atom is -0.392 e. The third kappa shape index (κ3) is 7.93. The maximum absolute atomic E-state index is 11.7. The first kappa shape index (κ1) is 18.4. The summed E-state index contributed by atoms with van der Waals surface area (Å²) in [7, 11) is 0. The first-order valence-corrected chi connectivity index (χ1v) is 8.10. The summed E-state index contributed by atoms with van der Waals surface area (Å²) in [5.74, 6) is -1.17. The Morgan fingerprint density at radius 1 is 1.23 bits per heavy atom. The van der Waals surface area contributed by atoms with E-state index in [4.69, 9.17) is 10.5 Å². The molecule has 0 aromatic carbocycles. The van der Waals surface area contributed by atoms with Crippen LogP contribution in [0.25, 0.3) is 0 Å². The van der Waals surface area contributed by atoms with Crippen LogP contribution in [-0.4, -0.2) is 27.9 Å². The average Bonchev–Trinajstić information content (AvgIpc) is 2.99. The molecule has 1 atom stereocenters. The second-order valence-corrected chi connectivity index (χ2v) is 5.55. The molecule has 1 aromatic heterocycles. The molecule has 124 valence electrons. The Hall–Kier alpha value is -1.69. The molecule has 6 heteroatoms. The van der Waals surface area contributed by atoms with Gasteiger partial charge in [0.2, 0.25) is 0 Å². The zero-order chi connectivity index (χ0) is 16.2. The van der Waals surface area contributed by atoms with E-state index in [0.29, 0.717) is 0 Å². The van der Waals surface area contributed by atoms with Gasteiger partial charge < -0.3 is 15.5 Å². The van der Waals surface area contributed by atoms with E-state index in [1.54, 1.807) is 6.20 Å². The number of esters is 2. The van der Waals surface area contributed by atoms with Gasteiger partial charge >= 0.3 is 11.9 Å². The lowest BCUT2D eigenvalue weighted by Crippen LogP contribution is -2.35. The predicted molar refractivity (Wildman–Crippen MR) is 84.0 cm³/mol. The summed E-state index contributed by atoms with van der Waals surface area (Å²) < 4.78 is 4.77. The number of imidazole rings is 1. The number of hydrogen-bond acceptors (Lipinski definition) is 5. The lowest BCUT2D eigenvalue weighted by molar-refractivity contribution is -0.160. The second-order valence-electron chi connectivity index (χ2n) is 5.55. The largest absolute Gasteiger partial charge is 0.392 e. The third-order valence-electron chi connectivity index (χ3n) is 3.50. The van der Waals surface area contributed by atoms with Crippen LogP contribution < -0.4 is 5.73 Å². The highest BCUT2D eigenvalue weighted by atomic mass is 16.6. The van der Waals surface area contributed by atoms with E-state index in [-0.39, 0.29) is 12.8 Å². The standard InChI is InChI=1S/C16H27N3O3/c1-2-3-4-5-6-7-8-9-15(20)22-16(21)14(17)10-13-11-18-12-19-13/h11-12,14H,2-10,17H2,1H3,(H,18,19)/t14-/m0/s1. The fourth-order valence-corrected chi connectivity index (χ4v) is 2.18. The van der Waals surface area contributed by atoms with Crippen LogP contribution in [0.5, 0.6) is 0 Å². The number of hydrogen-bond donors (Lipinski definition) is 2. The lowest BCUT2D eigenvalue weighted by atomic mass is 10.1. The number of nitrogens with one attached hydrogen (secondary N) is 1. The molecule has 3 N–H and O–H groups in total. The molecule has 0 bridgehead atoms. The van der Waals surface area contributed by atoms with Crippen LogP contribution in [-0.2, 0) is 20.7 Å². The summed E-state index contributed by atoms with van der Waals surface area (Å²) in [5.41, 5.74) is 6.44. The van der Waals surface area contributed by atoms with Crippen molar-refractivity contribution in [3.8, 4) is 0 Å². The average molecular weight is 309 g/mol. The highest BCUT2D eigenvalue weighted by molar-refractivity contribution is 5.88. The molecular formula is C16H27N3O3. The number of rotatable bonds is 11. The first-order chi connectivity index (χ1) is 10.6. The number of nitrogens with two attached hydrogens (primary N) is 1. The molecule has 1 aromatic rings. The summed E-state index contributed by atoms with van der Waals surface area (Å²) >= 11 is 0. The molecule has 0 unspecified atom stereocenters. The van der Waals surface area contributed by atoms with Crippen molar-refractivity contribution < 1.29 is 14.3 Å². The maximum Gasteiger partial charge on any atom is 0.330 e. The number of unbranched alkanes of at least 4 members (excludes halogenated alkanes) is 6. The zero-order valence-corrected chi connectivity index (χ0v) is 13.3. The summed E-state index contributed by atoms with van der Waals surface area (Å²) in [6.45, 7) is 2.18. The van der Waals surface area contributed by atoms with E-state index in [9.17, 15) is 9.59 Å². The van der Waals surface area contributed by atoms with Crippen LogP contribution in [0, 0.1) is 0 Å². The number of aromatic amines is 1. The Kier molecular flexibility index (Phi) is 9.14. The second kappa shape index (κ2) is 11.0. The van der Waals surface area contributed by atoms with E-state index >= 15 is 0 Å². The van der Waals surface area contributed by atoms with Gasteiger partial charge in [-0.15, -0.1) is 0 Å². The molecule has 6 nitrogen and oxygen atoms in total. The molecule has 1 heterocycles. The van der Waals surface area contributed by atoms with Gasteiger partial charge in [0.25, 0.3) is 0 Å². The Bertz CT molecular complexity index is 432. The normalized spacial score (nSPS) is 12.1. The molecule has 0 spiro atoms. The van der Waals surface area contributed by atoms with E-state index in [0.717, 1.165) is 25.0 Å². The molecule has 0 aliphatic heterocycles. The van der Waals surface area contributed by atoms with Crippen molar-refractivity contribution in [3.05, 3.63) is 18.2 Å². The van der Waals surface area contributed by atoms with Gasteiger partial charge in [0, 0.05) is 24.7 Å². The molecular weight excluding hydrogens is 282 g/mol. The Morgan fingerprint density at radius 2 is 1.91 bits per heavy atom. The third-order valence-corrected chi connectivity index (χ3v) is 3.50. The zero-order valence-electron chi connectivity index (χ0n) is 13.3. The van der Waals surface area contributed by atoms with Gasteiger partial charge in [-0.1, -0.05) is 45.4 Å². The molecule has 0 aliphatic carbocycles. The van der Waals surface area contributed by atoms with Crippen LogP contribution in [0.1, 0.15) is 64.0 Å². The molecule has 0 fully saturated rings. The molecule has 0 saturated carbocycles. The molecule has 0 aliphatic rings. The Morgan fingerprint density at radius 3 is 2.55 bits per heavy atom. The number of H-pyrrole nitrogens is 1. The van der Waals surface area contributed by atoms with Crippen molar-refractivity contribution in [1.82, 2.24) is 9.97 Å². The maximum atomic E-state index is 11.7. The summed E-state index contributed by atoms with van der Waals surface area (Å²) in [5, 5.41) is 0. The van der Waals surface area contributed by atoms with Gasteiger partial charge in [-0.25, -0.2) is 9.78 Å². The van der Waals surface area contributed by atoms with E-state index < -0.39 is 18.0 Å². The smallest absolute Gasteiger partial charge is 0.330 e. The fraction of sp³-hybridized carbons (Fsp3) is 0.688. The van der Waals surface area contributed by atoms with Gasteiger partial charge in [-0.3, -0.25) is 4.79 Å². The van der Waals surface area contributed by atoms with Crippen molar-refractivity contribution >= 4 is 11.9 Å². The van der Waals surface area contributed by atoms with Crippen molar-refractivity contribution in [2.24, 2.45) is 5.73 Å².